The van der Waals surface area contributed by atoms with E-state index in [1.807, 2.05) is 18.2 Å². The van der Waals surface area contributed by atoms with E-state index in [2.05, 4.69) is 15.5 Å². The van der Waals surface area contributed by atoms with Crippen molar-refractivity contribution in [3.8, 4) is 16.9 Å². The van der Waals surface area contributed by atoms with Crippen LogP contribution in [0.15, 0.2) is 28.9 Å². The van der Waals surface area contributed by atoms with Crippen LogP contribution in [-0.2, 0) is 32.2 Å². The summed E-state index contributed by atoms with van der Waals surface area (Å²) in [6, 6.07) is 5.84. The third-order valence-corrected chi connectivity index (χ3v) is 7.25. The van der Waals surface area contributed by atoms with Crippen LogP contribution in [0.1, 0.15) is 39.9 Å². The molecule has 0 amide bonds. The predicted octanol–water partition coefficient (Wildman–Crippen LogP) is 2.78. The summed E-state index contributed by atoms with van der Waals surface area (Å²) in [5.41, 5.74) is 6.40. The van der Waals surface area contributed by atoms with E-state index in [9.17, 15) is 10.2 Å². The fraction of sp³-hybridized carbons (Fsp3) is 0.417. The van der Waals surface area contributed by atoms with E-state index < -0.39 is 5.41 Å². The molecule has 0 saturated carbocycles. The quantitative estimate of drug-likeness (QED) is 0.558. The van der Waals surface area contributed by atoms with Gasteiger partial charge in [0.2, 0.25) is 0 Å². The van der Waals surface area contributed by atoms with Crippen molar-refractivity contribution in [3.05, 3.63) is 63.3 Å². The van der Waals surface area contributed by atoms with Crippen molar-refractivity contribution in [1.29, 1.82) is 0 Å². The molecule has 0 spiro atoms. The van der Waals surface area contributed by atoms with E-state index in [4.69, 9.17) is 20.9 Å². The normalized spacial score (nSPS) is 20.5. The fourth-order valence-electron chi connectivity index (χ4n) is 5.29. The van der Waals surface area contributed by atoms with Gasteiger partial charge in [-0.05, 0) is 35.7 Å². The second-order valence-electron chi connectivity index (χ2n) is 9.10. The molecule has 1 aliphatic carbocycles. The number of aliphatic hydroxyl groups excluding tert-OH is 2. The van der Waals surface area contributed by atoms with Gasteiger partial charge in [-0.2, -0.15) is 0 Å². The highest BCUT2D eigenvalue weighted by atomic mass is 35.5. The van der Waals surface area contributed by atoms with Gasteiger partial charge in [-0.15, -0.1) is 0 Å². The molecule has 0 bridgehead atoms. The average molecular weight is 454 g/mol. The van der Waals surface area contributed by atoms with Crippen LogP contribution in [-0.4, -0.2) is 40.1 Å². The molecular weight excluding hydrogens is 430 g/mol. The lowest BCUT2D eigenvalue weighted by atomic mass is 9.86. The summed E-state index contributed by atoms with van der Waals surface area (Å²) < 4.78 is 12.2. The number of aliphatic hydroxyl groups is 2. The van der Waals surface area contributed by atoms with Gasteiger partial charge in [0.05, 0.1) is 18.9 Å². The van der Waals surface area contributed by atoms with E-state index in [0.717, 1.165) is 70.2 Å². The van der Waals surface area contributed by atoms with Crippen molar-refractivity contribution in [2.75, 3.05) is 19.8 Å². The van der Waals surface area contributed by atoms with Crippen molar-refractivity contribution in [2.24, 2.45) is 5.41 Å². The van der Waals surface area contributed by atoms with Crippen LogP contribution in [0, 0.1) is 5.41 Å². The van der Waals surface area contributed by atoms with Crippen LogP contribution in [0.2, 0.25) is 5.02 Å². The highest BCUT2D eigenvalue weighted by molar-refractivity contribution is 6.31. The van der Waals surface area contributed by atoms with Gasteiger partial charge in [-0.3, -0.25) is 4.98 Å². The molecule has 1 atom stereocenters. The summed E-state index contributed by atoms with van der Waals surface area (Å²) >= 11 is 6.53. The first kappa shape index (κ1) is 20.2. The molecule has 6 rings (SSSR count). The molecule has 2 aliphatic heterocycles. The van der Waals surface area contributed by atoms with Gasteiger partial charge in [0.25, 0.3) is 0 Å². The first-order valence-electron chi connectivity index (χ1n) is 11.0. The number of nitrogens with zero attached hydrogens (tertiary/aromatic N) is 2. The fourth-order valence-corrected chi connectivity index (χ4v) is 5.53. The summed E-state index contributed by atoms with van der Waals surface area (Å²) in [6.45, 7) is 1.47. The number of pyridine rings is 1. The number of nitrogens with one attached hydrogen (secondary N) is 1. The van der Waals surface area contributed by atoms with Crippen LogP contribution >= 0.6 is 11.6 Å². The van der Waals surface area contributed by atoms with Crippen LogP contribution in [0.4, 0.5) is 0 Å². The smallest absolute Gasteiger partial charge is 0.182 e. The maximum absolute atomic E-state index is 9.93. The number of aromatic nitrogens is 2. The Kier molecular flexibility index (Phi) is 4.76. The zero-order valence-corrected chi connectivity index (χ0v) is 18.3. The molecule has 0 saturated heterocycles. The summed E-state index contributed by atoms with van der Waals surface area (Å²) in [7, 11) is 0. The van der Waals surface area contributed by atoms with Crippen LogP contribution < -0.4 is 10.1 Å². The average Bonchev–Trinajstić information content (AvgIpc) is 3.52. The second-order valence-corrected chi connectivity index (χ2v) is 9.54. The van der Waals surface area contributed by atoms with Crippen molar-refractivity contribution < 1.29 is 19.5 Å². The highest BCUT2D eigenvalue weighted by Gasteiger charge is 2.40. The van der Waals surface area contributed by atoms with Gasteiger partial charge in [-0.1, -0.05) is 16.8 Å². The molecule has 4 heterocycles. The number of halogens is 1. The molecule has 8 heteroatoms. The zero-order chi connectivity index (χ0) is 21.9. The van der Waals surface area contributed by atoms with Gasteiger partial charge >= 0.3 is 0 Å². The minimum atomic E-state index is -0.581. The summed E-state index contributed by atoms with van der Waals surface area (Å²) in [5, 5.41) is 28.2. The largest absolute Gasteiger partial charge is 0.481 e. The Morgan fingerprint density at radius 1 is 1.12 bits per heavy atom. The molecule has 3 aliphatic rings. The SMILES string of the molecule is OCC1(CO)Cc2nccc(-c3cc(Cl)cc4c3OC(c3onc5c3CNCC5)C4)c2C1. The van der Waals surface area contributed by atoms with Crippen molar-refractivity contribution in [1.82, 2.24) is 15.5 Å². The molecule has 32 heavy (non-hydrogen) atoms. The number of hydrogen-bond donors (Lipinski definition) is 3. The first-order valence-corrected chi connectivity index (χ1v) is 11.3. The maximum Gasteiger partial charge on any atom is 0.182 e. The number of hydrogen-bond acceptors (Lipinski definition) is 7. The third kappa shape index (κ3) is 3.07. The van der Waals surface area contributed by atoms with Gasteiger partial charge < -0.3 is 24.8 Å². The van der Waals surface area contributed by atoms with E-state index >= 15 is 0 Å². The molecule has 1 aromatic carbocycles. The van der Waals surface area contributed by atoms with Crippen LogP contribution in [0.25, 0.3) is 11.1 Å². The maximum atomic E-state index is 9.93. The molecule has 166 valence electrons. The highest BCUT2D eigenvalue weighted by Crippen LogP contribution is 2.49. The van der Waals surface area contributed by atoms with Crippen molar-refractivity contribution in [3.63, 3.8) is 0 Å². The topological polar surface area (TPSA) is 101 Å². The van der Waals surface area contributed by atoms with E-state index in [1.54, 1.807) is 6.20 Å². The molecular formula is C24H24ClN3O4. The van der Waals surface area contributed by atoms with Crippen molar-refractivity contribution in [2.45, 2.75) is 38.3 Å². The molecule has 0 fully saturated rings. The molecule has 7 nitrogen and oxygen atoms in total. The van der Waals surface area contributed by atoms with Gasteiger partial charge in [0.1, 0.15) is 5.75 Å². The monoisotopic (exact) mass is 453 g/mol. The molecule has 0 radical (unpaired) electrons. The Balaban J connectivity index is 1.41. The lowest BCUT2D eigenvalue weighted by Gasteiger charge is -2.23. The Labute approximate surface area is 190 Å². The Morgan fingerprint density at radius 3 is 2.84 bits per heavy atom. The van der Waals surface area contributed by atoms with Gasteiger partial charge in [0, 0.05) is 71.4 Å². The minimum Gasteiger partial charge on any atom is -0.481 e. The predicted molar refractivity (Wildman–Crippen MR) is 118 cm³/mol. The molecule has 3 N–H and O–H groups in total. The van der Waals surface area contributed by atoms with Crippen LogP contribution in [0.5, 0.6) is 5.75 Å². The Hall–Kier alpha value is -2.45. The van der Waals surface area contributed by atoms with Crippen LogP contribution in [0.3, 0.4) is 0 Å². The van der Waals surface area contributed by atoms with E-state index in [1.165, 1.54) is 0 Å². The van der Waals surface area contributed by atoms with Gasteiger partial charge in [-0.25, -0.2) is 0 Å². The number of rotatable bonds is 4. The molecule has 1 unspecified atom stereocenters. The summed E-state index contributed by atoms with van der Waals surface area (Å²) in [4.78, 5) is 4.53. The number of ether oxygens (including phenoxy) is 1. The minimum absolute atomic E-state index is 0.0871. The number of fused-ring (bicyclic) bond motifs is 3. The summed E-state index contributed by atoms with van der Waals surface area (Å²) in [6.07, 6.45) is 4.15. The number of benzene rings is 1. The Bertz CT molecular complexity index is 1200. The van der Waals surface area contributed by atoms with E-state index in [0.29, 0.717) is 24.3 Å². The molecule has 2 aromatic heterocycles. The third-order valence-electron chi connectivity index (χ3n) is 7.03. The standard InChI is InChI=1S/C24H24ClN3O4/c25-14-5-13-6-21(23-18-10-26-3-2-19(18)28-32-23)31-22(13)16(7-14)15-1-4-27-20-9-24(11-29,12-30)8-17(15)20/h1,4-5,7,21,26,29-30H,2-3,6,8-12H2. The lowest BCUT2D eigenvalue weighted by Crippen LogP contribution is -2.30. The molecule has 3 aromatic rings. The zero-order valence-electron chi connectivity index (χ0n) is 17.5. The second kappa shape index (κ2) is 7.56. The first-order chi connectivity index (χ1) is 15.6. The van der Waals surface area contributed by atoms with E-state index in [-0.39, 0.29) is 19.3 Å². The lowest BCUT2D eigenvalue weighted by molar-refractivity contribution is 0.0630. The summed E-state index contributed by atoms with van der Waals surface area (Å²) in [5.74, 6) is 1.58. The van der Waals surface area contributed by atoms with Gasteiger partial charge in [0.15, 0.2) is 11.9 Å². The van der Waals surface area contributed by atoms with Crippen molar-refractivity contribution >= 4 is 11.6 Å². The Morgan fingerprint density at radius 2 is 2.00 bits per heavy atom.